The second-order valence-electron chi connectivity index (χ2n) is 3.24. The predicted octanol–water partition coefficient (Wildman–Crippen LogP) is -0.736. The molecule has 0 amide bonds. The van der Waals surface area contributed by atoms with E-state index in [2.05, 4.69) is 4.72 Å². The van der Waals surface area contributed by atoms with E-state index in [1.54, 1.807) is 6.92 Å². The standard InChI is InChI=1S/C7H17N3O2S/c1-2-9-13(11,12)10-5-3-7(8)4-6-10/h7,9H,2-6,8H2,1H3. The molecule has 0 radical (unpaired) electrons. The van der Waals surface area contributed by atoms with Gasteiger partial charge in [0.25, 0.3) is 10.2 Å². The molecule has 0 spiro atoms. The molecule has 1 saturated heterocycles. The summed E-state index contributed by atoms with van der Waals surface area (Å²) in [4.78, 5) is 0. The fraction of sp³-hybridized carbons (Fsp3) is 1.00. The number of nitrogens with two attached hydrogens (primary N) is 1. The molecule has 5 nitrogen and oxygen atoms in total. The topological polar surface area (TPSA) is 75.4 Å². The van der Waals surface area contributed by atoms with Crippen LogP contribution >= 0.6 is 0 Å². The normalized spacial score (nSPS) is 22.0. The summed E-state index contributed by atoms with van der Waals surface area (Å²) in [6.07, 6.45) is 1.51. The zero-order valence-electron chi connectivity index (χ0n) is 7.86. The van der Waals surface area contributed by atoms with Crippen molar-refractivity contribution >= 4 is 10.2 Å². The predicted molar refractivity (Wildman–Crippen MR) is 51.4 cm³/mol. The Hall–Kier alpha value is -0.170. The molecule has 78 valence electrons. The zero-order valence-corrected chi connectivity index (χ0v) is 8.68. The van der Waals surface area contributed by atoms with Crippen LogP contribution < -0.4 is 10.5 Å². The van der Waals surface area contributed by atoms with Crippen molar-refractivity contribution < 1.29 is 8.42 Å². The summed E-state index contributed by atoms with van der Waals surface area (Å²) >= 11 is 0. The molecule has 0 saturated carbocycles. The third-order valence-electron chi connectivity index (χ3n) is 2.17. The molecule has 1 fully saturated rings. The maximum atomic E-state index is 11.5. The summed E-state index contributed by atoms with van der Waals surface area (Å²) in [6, 6.07) is 0.160. The number of rotatable bonds is 3. The van der Waals surface area contributed by atoms with Crippen LogP contribution in [0.1, 0.15) is 19.8 Å². The van der Waals surface area contributed by atoms with E-state index in [9.17, 15) is 8.42 Å². The highest BCUT2D eigenvalue weighted by atomic mass is 32.2. The van der Waals surface area contributed by atoms with Gasteiger partial charge in [0, 0.05) is 25.7 Å². The highest BCUT2D eigenvalue weighted by Gasteiger charge is 2.25. The van der Waals surface area contributed by atoms with Gasteiger partial charge in [0.15, 0.2) is 0 Å². The van der Waals surface area contributed by atoms with Crippen LogP contribution in [0.4, 0.5) is 0 Å². The van der Waals surface area contributed by atoms with Gasteiger partial charge < -0.3 is 5.73 Å². The number of nitrogens with zero attached hydrogens (tertiary/aromatic N) is 1. The van der Waals surface area contributed by atoms with Gasteiger partial charge in [0.2, 0.25) is 0 Å². The maximum absolute atomic E-state index is 11.5. The Morgan fingerprint density at radius 2 is 2.00 bits per heavy atom. The molecule has 6 heteroatoms. The first-order chi connectivity index (χ1) is 6.06. The van der Waals surface area contributed by atoms with Gasteiger partial charge in [-0.2, -0.15) is 12.7 Å². The van der Waals surface area contributed by atoms with Crippen molar-refractivity contribution in [1.82, 2.24) is 9.03 Å². The molecule has 0 unspecified atom stereocenters. The molecule has 0 aromatic rings. The molecule has 3 N–H and O–H groups in total. The van der Waals surface area contributed by atoms with Crippen molar-refractivity contribution in [2.45, 2.75) is 25.8 Å². The second kappa shape index (κ2) is 4.36. The van der Waals surface area contributed by atoms with Gasteiger partial charge in [-0.05, 0) is 12.8 Å². The Kier molecular flexibility index (Phi) is 3.66. The van der Waals surface area contributed by atoms with Crippen LogP contribution in [-0.2, 0) is 10.2 Å². The molecule has 13 heavy (non-hydrogen) atoms. The van der Waals surface area contributed by atoms with Crippen LogP contribution in [0.15, 0.2) is 0 Å². The van der Waals surface area contributed by atoms with E-state index in [0.29, 0.717) is 19.6 Å². The summed E-state index contributed by atoms with van der Waals surface area (Å²) in [5, 5.41) is 0. The molecule has 0 atom stereocenters. The van der Waals surface area contributed by atoms with E-state index in [-0.39, 0.29) is 6.04 Å². The summed E-state index contributed by atoms with van der Waals surface area (Å²) in [7, 11) is -3.23. The fourth-order valence-corrected chi connectivity index (χ4v) is 2.63. The summed E-state index contributed by atoms with van der Waals surface area (Å²) in [6.45, 7) is 3.28. The largest absolute Gasteiger partial charge is 0.328 e. The van der Waals surface area contributed by atoms with Gasteiger partial charge in [0.05, 0.1) is 0 Å². The van der Waals surface area contributed by atoms with E-state index in [1.807, 2.05) is 0 Å². The Bertz CT molecular complexity index is 244. The lowest BCUT2D eigenvalue weighted by atomic mass is 10.1. The Morgan fingerprint density at radius 1 is 1.46 bits per heavy atom. The summed E-state index contributed by atoms with van der Waals surface area (Å²) < 4.78 is 26.9. The van der Waals surface area contributed by atoms with Crippen LogP contribution in [0.25, 0.3) is 0 Å². The van der Waals surface area contributed by atoms with Gasteiger partial charge in [-0.1, -0.05) is 6.92 Å². The lowest BCUT2D eigenvalue weighted by Gasteiger charge is -2.29. The number of hydrogen-bond donors (Lipinski definition) is 2. The van der Waals surface area contributed by atoms with Crippen LogP contribution in [0.5, 0.6) is 0 Å². The molecule has 1 rings (SSSR count). The number of hydrogen-bond acceptors (Lipinski definition) is 3. The number of nitrogens with one attached hydrogen (secondary N) is 1. The molecule has 1 aliphatic rings. The average molecular weight is 207 g/mol. The minimum absolute atomic E-state index is 0.160. The van der Waals surface area contributed by atoms with Gasteiger partial charge in [-0.3, -0.25) is 0 Å². The van der Waals surface area contributed by atoms with Gasteiger partial charge in [-0.25, -0.2) is 4.72 Å². The molecule has 0 bridgehead atoms. The van der Waals surface area contributed by atoms with Crippen molar-refractivity contribution in [2.75, 3.05) is 19.6 Å². The van der Waals surface area contributed by atoms with Crippen molar-refractivity contribution in [2.24, 2.45) is 5.73 Å². The van der Waals surface area contributed by atoms with Crippen LogP contribution in [0.3, 0.4) is 0 Å². The van der Waals surface area contributed by atoms with Crippen molar-refractivity contribution in [3.05, 3.63) is 0 Å². The summed E-state index contributed by atoms with van der Waals surface area (Å²) in [5.74, 6) is 0. The van der Waals surface area contributed by atoms with Crippen LogP contribution in [0.2, 0.25) is 0 Å². The third kappa shape index (κ3) is 2.91. The first-order valence-electron chi connectivity index (χ1n) is 4.56. The van der Waals surface area contributed by atoms with Crippen molar-refractivity contribution in [3.63, 3.8) is 0 Å². The van der Waals surface area contributed by atoms with Gasteiger partial charge in [-0.15, -0.1) is 0 Å². The number of piperidine rings is 1. The monoisotopic (exact) mass is 207 g/mol. The molecule has 1 aliphatic heterocycles. The molecule has 0 aromatic heterocycles. The minimum atomic E-state index is -3.23. The van der Waals surface area contributed by atoms with E-state index in [0.717, 1.165) is 12.8 Å². The highest BCUT2D eigenvalue weighted by molar-refractivity contribution is 7.87. The molecular formula is C7H17N3O2S. The van der Waals surface area contributed by atoms with Crippen LogP contribution in [0, 0.1) is 0 Å². The Labute approximate surface area is 79.5 Å². The molecule has 0 aromatic carbocycles. The summed E-state index contributed by atoms with van der Waals surface area (Å²) in [5.41, 5.74) is 5.67. The minimum Gasteiger partial charge on any atom is -0.328 e. The highest BCUT2D eigenvalue weighted by Crippen LogP contribution is 2.10. The van der Waals surface area contributed by atoms with E-state index < -0.39 is 10.2 Å². The van der Waals surface area contributed by atoms with Crippen molar-refractivity contribution in [3.8, 4) is 0 Å². The first kappa shape index (κ1) is 10.9. The Morgan fingerprint density at radius 3 is 2.46 bits per heavy atom. The first-order valence-corrected chi connectivity index (χ1v) is 6.00. The van der Waals surface area contributed by atoms with E-state index in [4.69, 9.17) is 5.73 Å². The molecular weight excluding hydrogens is 190 g/mol. The molecule has 1 heterocycles. The fourth-order valence-electron chi connectivity index (χ4n) is 1.39. The van der Waals surface area contributed by atoms with Crippen molar-refractivity contribution in [1.29, 1.82) is 0 Å². The average Bonchev–Trinajstić information content (AvgIpc) is 2.05. The quantitative estimate of drug-likeness (QED) is 0.640. The van der Waals surface area contributed by atoms with Crippen LogP contribution in [-0.4, -0.2) is 38.4 Å². The SMILES string of the molecule is CCNS(=O)(=O)N1CCC(N)CC1. The van der Waals surface area contributed by atoms with Gasteiger partial charge in [0.1, 0.15) is 0 Å². The Balaban J connectivity index is 2.53. The van der Waals surface area contributed by atoms with Gasteiger partial charge >= 0.3 is 0 Å². The zero-order chi connectivity index (χ0) is 9.90. The lowest BCUT2D eigenvalue weighted by molar-refractivity contribution is 0.316. The lowest BCUT2D eigenvalue weighted by Crippen LogP contribution is -2.47. The third-order valence-corrected chi connectivity index (χ3v) is 3.86. The van der Waals surface area contributed by atoms with E-state index >= 15 is 0 Å². The molecule has 0 aliphatic carbocycles. The maximum Gasteiger partial charge on any atom is 0.279 e. The second-order valence-corrected chi connectivity index (χ2v) is 4.99. The van der Waals surface area contributed by atoms with E-state index in [1.165, 1.54) is 4.31 Å². The smallest absolute Gasteiger partial charge is 0.279 e.